The SMILES string of the molecule is C=CC(=O)N1CCN(C(C(=O)O)C(C)C)C1=O. The van der Waals surface area contributed by atoms with Gasteiger partial charge < -0.3 is 10.0 Å². The van der Waals surface area contributed by atoms with Gasteiger partial charge in [0, 0.05) is 13.1 Å². The molecular weight excluding hydrogens is 224 g/mol. The summed E-state index contributed by atoms with van der Waals surface area (Å²) in [6.07, 6.45) is 1.05. The van der Waals surface area contributed by atoms with E-state index in [9.17, 15) is 14.4 Å². The van der Waals surface area contributed by atoms with Crippen LogP contribution in [-0.2, 0) is 9.59 Å². The first-order valence-corrected chi connectivity index (χ1v) is 5.37. The zero-order chi connectivity index (χ0) is 13.2. The first kappa shape index (κ1) is 13.2. The van der Waals surface area contributed by atoms with Crippen molar-refractivity contribution >= 4 is 17.9 Å². The highest BCUT2D eigenvalue weighted by atomic mass is 16.4. The first-order valence-electron chi connectivity index (χ1n) is 5.37. The molecule has 0 spiro atoms. The summed E-state index contributed by atoms with van der Waals surface area (Å²) in [6, 6.07) is -1.46. The number of hydrogen-bond donors (Lipinski definition) is 1. The van der Waals surface area contributed by atoms with Gasteiger partial charge in [-0.25, -0.2) is 9.59 Å². The second-order valence-electron chi connectivity index (χ2n) is 4.20. The minimum absolute atomic E-state index is 0.209. The van der Waals surface area contributed by atoms with Crippen LogP contribution in [0.3, 0.4) is 0 Å². The number of rotatable bonds is 4. The molecule has 0 radical (unpaired) electrons. The number of urea groups is 1. The van der Waals surface area contributed by atoms with Crippen molar-refractivity contribution in [1.82, 2.24) is 9.80 Å². The zero-order valence-corrected chi connectivity index (χ0v) is 9.92. The van der Waals surface area contributed by atoms with Crippen molar-refractivity contribution in [3.63, 3.8) is 0 Å². The number of nitrogens with zero attached hydrogens (tertiary/aromatic N) is 2. The van der Waals surface area contributed by atoms with Crippen LogP contribution in [0.25, 0.3) is 0 Å². The van der Waals surface area contributed by atoms with E-state index in [1.807, 2.05) is 0 Å². The molecule has 0 aromatic rings. The number of aliphatic carboxylic acids is 1. The molecule has 0 aromatic heterocycles. The van der Waals surface area contributed by atoms with E-state index in [0.29, 0.717) is 0 Å². The van der Waals surface area contributed by atoms with Gasteiger partial charge in [-0.2, -0.15) is 0 Å². The summed E-state index contributed by atoms with van der Waals surface area (Å²) in [5.74, 6) is -1.76. The highest BCUT2D eigenvalue weighted by Crippen LogP contribution is 2.18. The summed E-state index contributed by atoms with van der Waals surface area (Å²) >= 11 is 0. The maximum Gasteiger partial charge on any atom is 0.327 e. The van der Waals surface area contributed by atoms with E-state index < -0.39 is 23.9 Å². The number of carboxylic acids is 1. The molecule has 17 heavy (non-hydrogen) atoms. The van der Waals surface area contributed by atoms with Crippen LogP contribution in [0.1, 0.15) is 13.8 Å². The second-order valence-corrected chi connectivity index (χ2v) is 4.20. The van der Waals surface area contributed by atoms with Crippen molar-refractivity contribution in [2.24, 2.45) is 5.92 Å². The summed E-state index contributed by atoms with van der Waals surface area (Å²) in [5, 5.41) is 9.09. The van der Waals surface area contributed by atoms with Crippen molar-refractivity contribution in [1.29, 1.82) is 0 Å². The van der Waals surface area contributed by atoms with E-state index >= 15 is 0 Å². The average Bonchev–Trinajstić information content (AvgIpc) is 2.59. The van der Waals surface area contributed by atoms with Crippen molar-refractivity contribution in [3.05, 3.63) is 12.7 Å². The molecule has 1 atom stereocenters. The molecule has 3 amide bonds. The smallest absolute Gasteiger partial charge is 0.327 e. The molecule has 94 valence electrons. The van der Waals surface area contributed by atoms with Crippen LogP contribution in [-0.4, -0.2) is 51.9 Å². The van der Waals surface area contributed by atoms with E-state index in [1.54, 1.807) is 13.8 Å². The van der Waals surface area contributed by atoms with Gasteiger partial charge in [-0.3, -0.25) is 9.69 Å². The Kier molecular flexibility index (Phi) is 3.88. The predicted molar refractivity (Wildman–Crippen MR) is 60.3 cm³/mol. The highest BCUT2D eigenvalue weighted by Gasteiger charge is 2.40. The van der Waals surface area contributed by atoms with Gasteiger partial charge in [0.2, 0.25) is 0 Å². The molecule has 6 nitrogen and oxygen atoms in total. The van der Waals surface area contributed by atoms with Crippen LogP contribution < -0.4 is 0 Å². The lowest BCUT2D eigenvalue weighted by atomic mass is 10.0. The summed E-state index contributed by atoms with van der Waals surface area (Å²) in [5.41, 5.74) is 0. The van der Waals surface area contributed by atoms with Crippen molar-refractivity contribution in [2.45, 2.75) is 19.9 Å². The quantitative estimate of drug-likeness (QED) is 0.728. The largest absolute Gasteiger partial charge is 0.480 e. The van der Waals surface area contributed by atoms with Gasteiger partial charge in [0.25, 0.3) is 5.91 Å². The fourth-order valence-electron chi connectivity index (χ4n) is 1.91. The van der Waals surface area contributed by atoms with Crippen molar-refractivity contribution in [3.8, 4) is 0 Å². The average molecular weight is 240 g/mol. The molecule has 1 N–H and O–H groups in total. The van der Waals surface area contributed by atoms with E-state index in [2.05, 4.69) is 6.58 Å². The third kappa shape index (κ3) is 2.46. The summed E-state index contributed by atoms with van der Waals surface area (Å²) < 4.78 is 0. The molecule has 1 saturated heterocycles. The Labute approximate surface area is 99.5 Å². The van der Waals surface area contributed by atoms with E-state index in [0.717, 1.165) is 11.0 Å². The molecule has 1 rings (SSSR count). The van der Waals surface area contributed by atoms with Gasteiger partial charge in [0.05, 0.1) is 0 Å². The monoisotopic (exact) mass is 240 g/mol. The minimum atomic E-state index is -1.05. The third-order valence-corrected chi connectivity index (χ3v) is 2.70. The van der Waals surface area contributed by atoms with Gasteiger partial charge >= 0.3 is 12.0 Å². The Balaban J connectivity index is 2.88. The van der Waals surface area contributed by atoms with Crippen molar-refractivity contribution in [2.75, 3.05) is 13.1 Å². The molecule has 1 fully saturated rings. The molecule has 1 aliphatic heterocycles. The van der Waals surface area contributed by atoms with Gasteiger partial charge in [-0.05, 0) is 12.0 Å². The minimum Gasteiger partial charge on any atom is -0.480 e. The Hall–Kier alpha value is -1.85. The number of carboxylic acid groups (broad SMARTS) is 1. The number of carbonyl (C=O) groups is 3. The summed E-state index contributed by atoms with van der Waals surface area (Å²) in [6.45, 7) is 7.21. The molecule has 1 heterocycles. The fourth-order valence-corrected chi connectivity index (χ4v) is 1.91. The lowest BCUT2D eigenvalue weighted by Gasteiger charge is -2.26. The van der Waals surface area contributed by atoms with Crippen LogP contribution in [0.4, 0.5) is 4.79 Å². The first-order chi connectivity index (χ1) is 7.90. The Morgan fingerprint density at radius 2 is 2.00 bits per heavy atom. The molecule has 0 saturated carbocycles. The highest BCUT2D eigenvalue weighted by molar-refractivity contribution is 6.02. The zero-order valence-electron chi connectivity index (χ0n) is 9.92. The standard InChI is InChI=1S/C11H16N2O4/c1-4-8(14)12-5-6-13(11(12)17)9(7(2)3)10(15)16/h4,7,9H,1,5-6H2,2-3H3,(H,15,16). The van der Waals surface area contributed by atoms with Crippen LogP contribution in [0.15, 0.2) is 12.7 Å². The molecule has 0 aliphatic carbocycles. The summed E-state index contributed by atoms with van der Waals surface area (Å²) in [7, 11) is 0. The number of carbonyl (C=O) groups excluding carboxylic acids is 2. The van der Waals surface area contributed by atoms with Gasteiger partial charge in [-0.15, -0.1) is 0 Å². The maximum absolute atomic E-state index is 11.9. The maximum atomic E-state index is 11.9. The van der Waals surface area contributed by atoms with Gasteiger partial charge in [-0.1, -0.05) is 20.4 Å². The van der Waals surface area contributed by atoms with E-state index in [1.165, 1.54) is 4.90 Å². The van der Waals surface area contributed by atoms with E-state index in [-0.39, 0.29) is 19.0 Å². The van der Waals surface area contributed by atoms with Crippen LogP contribution in [0.2, 0.25) is 0 Å². The molecule has 1 unspecified atom stereocenters. The van der Waals surface area contributed by atoms with Crippen molar-refractivity contribution < 1.29 is 19.5 Å². The fraction of sp³-hybridized carbons (Fsp3) is 0.545. The molecule has 0 bridgehead atoms. The third-order valence-electron chi connectivity index (χ3n) is 2.70. The lowest BCUT2D eigenvalue weighted by Crippen LogP contribution is -2.47. The van der Waals surface area contributed by atoms with Crippen LogP contribution >= 0.6 is 0 Å². The van der Waals surface area contributed by atoms with Crippen LogP contribution in [0.5, 0.6) is 0 Å². The Morgan fingerprint density at radius 1 is 1.41 bits per heavy atom. The molecule has 0 aromatic carbocycles. The van der Waals surface area contributed by atoms with Crippen LogP contribution in [0, 0.1) is 5.92 Å². The van der Waals surface area contributed by atoms with Gasteiger partial charge in [0.15, 0.2) is 0 Å². The second kappa shape index (κ2) is 4.99. The normalized spacial score (nSPS) is 17.5. The molecule has 1 aliphatic rings. The molecular formula is C11H16N2O4. The Bertz CT molecular complexity index is 364. The number of amides is 3. The Morgan fingerprint density at radius 3 is 2.41 bits per heavy atom. The van der Waals surface area contributed by atoms with Gasteiger partial charge in [0.1, 0.15) is 6.04 Å². The topological polar surface area (TPSA) is 77.9 Å². The summed E-state index contributed by atoms with van der Waals surface area (Å²) in [4.78, 5) is 36.5. The molecule has 6 heteroatoms. The van der Waals surface area contributed by atoms with E-state index in [4.69, 9.17) is 5.11 Å². The number of hydrogen-bond acceptors (Lipinski definition) is 3. The predicted octanol–water partition coefficient (Wildman–Crippen LogP) is 0.546. The number of imide groups is 1. The lowest BCUT2D eigenvalue weighted by molar-refractivity contribution is -0.143.